The van der Waals surface area contributed by atoms with E-state index in [9.17, 15) is 9.59 Å². The maximum atomic E-state index is 13.4. The summed E-state index contributed by atoms with van der Waals surface area (Å²) in [6.07, 6.45) is 18.3. The zero-order valence-corrected chi connectivity index (χ0v) is 50.2. The molecule has 2 aliphatic heterocycles. The van der Waals surface area contributed by atoms with E-state index in [0.29, 0.717) is 52.8 Å². The summed E-state index contributed by atoms with van der Waals surface area (Å²) in [5.74, 6) is 8.73. The zero-order valence-electron chi connectivity index (χ0n) is 44.9. The Balaban J connectivity index is 0.000000195. The van der Waals surface area contributed by atoms with Crippen LogP contribution in [0.2, 0.25) is 10.0 Å². The number of carbonyl (C=O) groups excluding carboxylic acids is 2. The summed E-state index contributed by atoms with van der Waals surface area (Å²) in [4.78, 5) is 38.7. The lowest BCUT2D eigenvalue weighted by molar-refractivity contribution is 0.0941. The fourth-order valence-electron chi connectivity index (χ4n) is 9.49. The first-order valence-electron chi connectivity index (χ1n) is 26.4. The van der Waals surface area contributed by atoms with Gasteiger partial charge < -0.3 is 34.6 Å². The van der Waals surface area contributed by atoms with Crippen molar-refractivity contribution in [1.29, 1.82) is 0 Å². The quantitative estimate of drug-likeness (QED) is 0.0451. The third-order valence-electron chi connectivity index (χ3n) is 13.4. The van der Waals surface area contributed by atoms with Gasteiger partial charge in [-0.15, -0.1) is 6.42 Å². The average Bonchev–Trinajstić information content (AvgIpc) is 3.98. The minimum absolute atomic E-state index is 0.111. The first-order chi connectivity index (χ1) is 37.9. The minimum Gasteiger partial charge on any atom is -0.385 e. The molecule has 4 aromatic heterocycles. The molecule has 2 amide bonds. The van der Waals surface area contributed by atoms with Crippen LogP contribution in [0.25, 0.3) is 66.1 Å². The van der Waals surface area contributed by atoms with Crippen LogP contribution < -0.4 is 16.0 Å². The van der Waals surface area contributed by atoms with Crippen molar-refractivity contribution in [2.75, 3.05) is 78.6 Å². The summed E-state index contributed by atoms with van der Waals surface area (Å²) in [5.41, 5.74) is 9.10. The number of amides is 2. The average molecular weight is 1270 g/mol. The molecule has 408 valence electrons. The summed E-state index contributed by atoms with van der Waals surface area (Å²) in [7, 11) is 7.31. The SMILES string of the molecule is C#CCBr.C1CCNCC1.COCCCNC(=O)c1cc(-c2cn(C)c3ccc(Cl)cc23)nc2ccc(C#CCN3CCCCC3)cc12.COCCCNC(=O)c1cc(-c2cn(C)c3ccc(Cl)cc23)nc2ccc(I)cc12. The first-order valence-corrected chi connectivity index (χ1v) is 29.4. The van der Waals surface area contributed by atoms with Gasteiger partial charge in [0.05, 0.1) is 45.4 Å². The summed E-state index contributed by atoms with van der Waals surface area (Å²) in [6, 6.07) is 27.3. The molecule has 16 heteroatoms. The fraction of sp³-hybridized carbons (Fsp3) is 0.355. The Labute approximate surface area is 491 Å². The van der Waals surface area contributed by atoms with E-state index in [1.807, 2.05) is 116 Å². The van der Waals surface area contributed by atoms with Gasteiger partial charge in [-0.2, -0.15) is 0 Å². The number of methoxy groups -OCH3 is 2. The number of halogens is 4. The van der Waals surface area contributed by atoms with Gasteiger partial charge >= 0.3 is 0 Å². The van der Waals surface area contributed by atoms with Crippen molar-refractivity contribution < 1.29 is 19.1 Å². The standard InChI is InChI=1S/C31H33ClN4O2.C23H21ClIN3O2.C5H11N.C3H3Br/c1-35-21-27(25-19-23(32)10-12-30(25)35)29-20-26(31(37)33-13-7-17-38-2)24-18-22(9-11-28(24)34-29)8-6-16-36-14-4-3-5-15-36;1-28-13-19(17-10-14(24)4-7-22(17)28)21-12-18(23(29)26-8-3-9-30-2)16-11-15(25)5-6-20(16)27-21;1-2-4-6-5-3-1;1-2-3-4/h9-12,18-21H,3-5,7,13-17H2,1-2H3,(H,33,37);4-7,10-13H,3,8-9H2,1-2H3,(H,26,29);6H,1-5H2;1H,3H2. The lowest BCUT2D eigenvalue weighted by Crippen LogP contribution is -2.29. The second kappa shape index (κ2) is 30.7. The van der Waals surface area contributed by atoms with Gasteiger partial charge in [0.25, 0.3) is 11.8 Å². The van der Waals surface area contributed by atoms with Crippen molar-refractivity contribution in [2.45, 2.75) is 51.4 Å². The van der Waals surface area contributed by atoms with Crippen LogP contribution in [-0.2, 0) is 23.6 Å². The number of hydrogen-bond acceptors (Lipinski definition) is 8. The Kier molecular flexibility index (Phi) is 23.7. The van der Waals surface area contributed by atoms with Crippen molar-refractivity contribution in [2.24, 2.45) is 14.1 Å². The molecule has 2 saturated heterocycles. The highest BCUT2D eigenvalue weighted by Crippen LogP contribution is 2.35. The molecule has 10 rings (SSSR count). The number of fused-ring (bicyclic) bond motifs is 4. The molecule has 0 unspecified atom stereocenters. The van der Waals surface area contributed by atoms with Crippen LogP contribution in [0.1, 0.15) is 77.6 Å². The highest BCUT2D eigenvalue weighted by Gasteiger charge is 2.20. The molecule has 0 radical (unpaired) electrons. The third-order valence-corrected chi connectivity index (χ3v) is 14.9. The number of hydrogen-bond donors (Lipinski definition) is 3. The number of pyridine rings is 2. The molecule has 78 heavy (non-hydrogen) atoms. The number of aromatic nitrogens is 4. The van der Waals surface area contributed by atoms with Gasteiger partial charge in [-0.05, 0) is 172 Å². The molecule has 12 nitrogen and oxygen atoms in total. The maximum Gasteiger partial charge on any atom is 0.252 e. The lowest BCUT2D eigenvalue weighted by Gasteiger charge is -2.23. The third kappa shape index (κ3) is 16.5. The number of nitrogens with one attached hydrogen (secondary N) is 3. The lowest BCUT2D eigenvalue weighted by atomic mass is 10.0. The van der Waals surface area contributed by atoms with E-state index in [1.54, 1.807) is 14.2 Å². The Morgan fingerprint density at radius 1 is 0.692 bits per heavy atom. The number of aryl methyl sites for hydroxylation is 2. The van der Waals surface area contributed by atoms with Crippen molar-refractivity contribution in [3.63, 3.8) is 0 Å². The van der Waals surface area contributed by atoms with Crippen LogP contribution in [0.4, 0.5) is 0 Å². The Morgan fingerprint density at radius 3 is 1.67 bits per heavy atom. The summed E-state index contributed by atoms with van der Waals surface area (Å²) in [5, 5.41) is 15.0. The molecule has 2 fully saturated rings. The van der Waals surface area contributed by atoms with Gasteiger partial charge in [0, 0.05) is 130 Å². The van der Waals surface area contributed by atoms with Crippen LogP contribution in [-0.4, -0.2) is 114 Å². The van der Waals surface area contributed by atoms with Gasteiger partial charge in [0.1, 0.15) is 0 Å². The second-order valence-electron chi connectivity index (χ2n) is 19.1. The fourth-order valence-corrected chi connectivity index (χ4v) is 10.3. The monoisotopic (exact) mass is 1260 g/mol. The molecule has 4 aromatic carbocycles. The van der Waals surface area contributed by atoms with Crippen molar-refractivity contribution in [3.8, 4) is 46.7 Å². The number of nitrogens with zero attached hydrogens (tertiary/aromatic N) is 5. The molecule has 0 aliphatic carbocycles. The molecule has 0 spiro atoms. The zero-order chi connectivity index (χ0) is 55.4. The molecule has 8 aromatic rings. The van der Waals surface area contributed by atoms with Crippen molar-refractivity contribution >= 4 is 117 Å². The molecule has 0 bridgehead atoms. The summed E-state index contributed by atoms with van der Waals surface area (Å²) >= 11 is 17.9. The molecule has 2 aliphatic rings. The van der Waals surface area contributed by atoms with E-state index in [1.165, 1.54) is 51.6 Å². The number of benzene rings is 4. The number of rotatable bonds is 13. The Bertz CT molecular complexity index is 3430. The van der Waals surface area contributed by atoms with E-state index < -0.39 is 0 Å². The normalized spacial score (nSPS) is 13.3. The molecule has 0 atom stereocenters. The van der Waals surface area contributed by atoms with Crippen molar-refractivity contribution in [1.82, 2.24) is 40.0 Å². The van der Waals surface area contributed by atoms with Crippen LogP contribution in [0.3, 0.4) is 0 Å². The smallest absolute Gasteiger partial charge is 0.252 e. The van der Waals surface area contributed by atoms with E-state index in [0.717, 1.165) is 108 Å². The predicted molar refractivity (Wildman–Crippen MR) is 334 cm³/mol. The molecule has 0 saturated carbocycles. The van der Waals surface area contributed by atoms with Gasteiger partial charge in [-0.25, -0.2) is 9.97 Å². The number of ether oxygens (including phenoxy) is 2. The van der Waals surface area contributed by atoms with Crippen LogP contribution in [0.15, 0.2) is 97.3 Å². The topological polar surface area (TPSA) is 128 Å². The van der Waals surface area contributed by atoms with E-state index in [4.69, 9.17) is 49.1 Å². The van der Waals surface area contributed by atoms with Gasteiger partial charge in [0.2, 0.25) is 0 Å². The number of likely N-dealkylation sites (tertiary alicyclic amines) is 1. The predicted octanol–water partition coefficient (Wildman–Crippen LogP) is 12.8. The molecular formula is C62H68BrCl2IN8O4. The number of alkyl halides is 1. The number of piperidine rings is 2. The van der Waals surface area contributed by atoms with Crippen molar-refractivity contribution in [3.05, 3.63) is 128 Å². The number of terminal acetylenes is 1. The highest BCUT2D eigenvalue weighted by atomic mass is 127. The Hall–Kier alpha value is -5.53. The number of carbonyl (C=O) groups is 2. The molecular weight excluding hydrogens is 1200 g/mol. The van der Waals surface area contributed by atoms with E-state index in [2.05, 4.69) is 81.7 Å². The summed E-state index contributed by atoms with van der Waals surface area (Å²) in [6.45, 7) is 7.79. The summed E-state index contributed by atoms with van der Waals surface area (Å²) < 4.78 is 15.4. The van der Waals surface area contributed by atoms with E-state index in [-0.39, 0.29) is 11.8 Å². The minimum atomic E-state index is -0.133. The van der Waals surface area contributed by atoms with Gasteiger partial charge in [-0.1, -0.05) is 69.7 Å². The Morgan fingerprint density at radius 2 is 1.19 bits per heavy atom. The van der Waals surface area contributed by atoms with Gasteiger partial charge in [-0.3, -0.25) is 14.5 Å². The largest absolute Gasteiger partial charge is 0.385 e. The maximum absolute atomic E-state index is 13.4. The highest BCUT2D eigenvalue weighted by molar-refractivity contribution is 14.1. The first kappa shape index (κ1) is 60.1. The molecule has 3 N–H and O–H groups in total. The van der Waals surface area contributed by atoms with Crippen LogP contribution >= 0.6 is 61.7 Å². The van der Waals surface area contributed by atoms with Crippen LogP contribution in [0, 0.1) is 27.8 Å². The van der Waals surface area contributed by atoms with Crippen LogP contribution in [0.5, 0.6) is 0 Å². The van der Waals surface area contributed by atoms with E-state index >= 15 is 0 Å². The second-order valence-corrected chi connectivity index (χ2v) is 21.8. The van der Waals surface area contributed by atoms with Gasteiger partial charge in [0.15, 0.2) is 0 Å². The molecule has 6 heterocycles.